The van der Waals surface area contributed by atoms with E-state index in [4.69, 9.17) is 10.4 Å². The molecule has 0 unspecified atom stereocenters. The van der Waals surface area contributed by atoms with Crippen LogP contribution in [0, 0.1) is 23.2 Å². The van der Waals surface area contributed by atoms with Gasteiger partial charge in [0.05, 0.1) is 12.4 Å². The van der Waals surface area contributed by atoms with Crippen LogP contribution in [0.1, 0.15) is 31.4 Å². The molecule has 7 heteroatoms. The molecule has 122 valence electrons. The summed E-state index contributed by atoms with van der Waals surface area (Å²) >= 11 is 0. The number of hydrogen-bond donors (Lipinski definition) is 1. The highest BCUT2D eigenvalue weighted by Gasteiger charge is 2.31. The average molecular weight is 315 g/mol. The lowest BCUT2D eigenvalue weighted by Gasteiger charge is -2.39. The molecule has 0 spiro atoms. The fraction of sp³-hybridized carbons (Fsp3) is 0.625. The second-order valence-corrected chi connectivity index (χ2v) is 6.31. The molecule has 1 aromatic rings. The maximum atomic E-state index is 11.0. The van der Waals surface area contributed by atoms with Gasteiger partial charge >= 0.3 is 6.09 Å². The first kappa shape index (κ1) is 15.5. The zero-order valence-corrected chi connectivity index (χ0v) is 13.1. The second kappa shape index (κ2) is 6.82. The van der Waals surface area contributed by atoms with Gasteiger partial charge in [-0.05, 0) is 37.5 Å². The zero-order chi connectivity index (χ0) is 16.2. The number of nitriles is 1. The minimum absolute atomic E-state index is 0.352. The van der Waals surface area contributed by atoms with Crippen LogP contribution in [0.15, 0.2) is 12.4 Å². The molecule has 0 aliphatic carbocycles. The smallest absolute Gasteiger partial charge is 0.407 e. The monoisotopic (exact) mass is 315 g/mol. The number of carbonyl (C=O) groups is 1. The lowest BCUT2D eigenvalue weighted by Crippen LogP contribution is -2.42. The number of hydrogen-bond acceptors (Lipinski definition) is 5. The van der Waals surface area contributed by atoms with Crippen molar-refractivity contribution in [1.29, 1.82) is 5.26 Å². The van der Waals surface area contributed by atoms with Gasteiger partial charge < -0.3 is 14.9 Å². The maximum Gasteiger partial charge on any atom is 0.407 e. The number of nitrogens with zero attached hydrogens (tertiary/aromatic N) is 5. The van der Waals surface area contributed by atoms with Gasteiger partial charge in [0.25, 0.3) is 0 Å². The molecule has 23 heavy (non-hydrogen) atoms. The third kappa shape index (κ3) is 3.52. The van der Waals surface area contributed by atoms with E-state index < -0.39 is 6.09 Å². The Kier molecular flexibility index (Phi) is 4.60. The van der Waals surface area contributed by atoms with Crippen molar-refractivity contribution in [1.82, 2.24) is 14.9 Å². The fourth-order valence-electron chi connectivity index (χ4n) is 3.72. The fourth-order valence-corrected chi connectivity index (χ4v) is 3.72. The van der Waals surface area contributed by atoms with Crippen molar-refractivity contribution >= 4 is 11.9 Å². The Bertz CT molecular complexity index is 599. The Balaban J connectivity index is 1.53. The largest absolute Gasteiger partial charge is 0.465 e. The van der Waals surface area contributed by atoms with Gasteiger partial charge in [-0.2, -0.15) is 5.26 Å². The highest BCUT2D eigenvalue weighted by molar-refractivity contribution is 5.64. The number of likely N-dealkylation sites (tertiary alicyclic amines) is 1. The highest BCUT2D eigenvalue weighted by Crippen LogP contribution is 2.33. The maximum absolute atomic E-state index is 11.0. The molecule has 2 fully saturated rings. The summed E-state index contributed by atoms with van der Waals surface area (Å²) in [6.45, 7) is 3.17. The molecule has 0 radical (unpaired) electrons. The van der Waals surface area contributed by atoms with E-state index in [1.165, 1.54) is 11.1 Å². The lowest BCUT2D eigenvalue weighted by molar-refractivity contribution is 0.107. The highest BCUT2D eigenvalue weighted by atomic mass is 16.4. The van der Waals surface area contributed by atoms with Gasteiger partial charge in [-0.15, -0.1) is 0 Å². The number of aromatic nitrogens is 2. The topological polar surface area (TPSA) is 93.4 Å². The van der Waals surface area contributed by atoms with Crippen LogP contribution in [0.25, 0.3) is 0 Å². The minimum Gasteiger partial charge on any atom is -0.465 e. The lowest BCUT2D eigenvalue weighted by atomic mass is 9.79. The molecular weight excluding hydrogens is 294 g/mol. The summed E-state index contributed by atoms with van der Waals surface area (Å²) in [5, 5.41) is 17.9. The van der Waals surface area contributed by atoms with Crippen molar-refractivity contribution in [3.05, 3.63) is 18.1 Å². The molecule has 0 bridgehead atoms. The van der Waals surface area contributed by atoms with Crippen LogP contribution in [-0.2, 0) is 0 Å². The van der Waals surface area contributed by atoms with E-state index in [9.17, 15) is 4.79 Å². The first-order valence-electron chi connectivity index (χ1n) is 8.12. The second-order valence-electron chi connectivity index (χ2n) is 6.31. The van der Waals surface area contributed by atoms with E-state index in [1.807, 2.05) is 6.07 Å². The molecule has 7 nitrogen and oxygen atoms in total. The molecule has 1 amide bonds. The van der Waals surface area contributed by atoms with E-state index in [2.05, 4.69) is 14.9 Å². The van der Waals surface area contributed by atoms with Gasteiger partial charge in [0, 0.05) is 26.2 Å². The molecule has 2 aliphatic rings. The quantitative estimate of drug-likeness (QED) is 0.896. The predicted molar refractivity (Wildman–Crippen MR) is 84.0 cm³/mol. The summed E-state index contributed by atoms with van der Waals surface area (Å²) in [4.78, 5) is 23.1. The van der Waals surface area contributed by atoms with Gasteiger partial charge in [0.15, 0.2) is 5.69 Å². The van der Waals surface area contributed by atoms with Crippen LogP contribution in [0.2, 0.25) is 0 Å². The predicted octanol–water partition coefficient (Wildman–Crippen LogP) is 1.95. The van der Waals surface area contributed by atoms with Crippen LogP contribution < -0.4 is 4.90 Å². The van der Waals surface area contributed by atoms with E-state index in [0.717, 1.165) is 44.6 Å². The van der Waals surface area contributed by atoms with Crippen molar-refractivity contribution in [3.63, 3.8) is 0 Å². The van der Waals surface area contributed by atoms with Crippen LogP contribution >= 0.6 is 0 Å². The van der Waals surface area contributed by atoms with Gasteiger partial charge in [-0.1, -0.05) is 0 Å². The molecule has 0 atom stereocenters. The molecule has 0 saturated carbocycles. The standard InChI is InChI=1S/C16H21N5O2/c17-9-14-10-18-11-15(19-14)20-5-1-12(2-6-20)13-3-7-21(8-4-13)16(22)23/h10-13H,1-8H2,(H,22,23). The van der Waals surface area contributed by atoms with Crippen molar-refractivity contribution in [2.24, 2.45) is 11.8 Å². The first-order chi connectivity index (χ1) is 11.2. The Morgan fingerprint density at radius 1 is 1.13 bits per heavy atom. The van der Waals surface area contributed by atoms with Crippen molar-refractivity contribution in [2.75, 3.05) is 31.1 Å². The van der Waals surface area contributed by atoms with E-state index in [0.29, 0.717) is 30.6 Å². The summed E-state index contributed by atoms with van der Waals surface area (Å²) in [6.07, 6.45) is 6.53. The third-order valence-corrected chi connectivity index (χ3v) is 5.08. The van der Waals surface area contributed by atoms with E-state index >= 15 is 0 Å². The zero-order valence-electron chi connectivity index (χ0n) is 13.1. The Hall–Kier alpha value is -2.36. The molecule has 0 aromatic carbocycles. The third-order valence-electron chi connectivity index (χ3n) is 5.08. The summed E-state index contributed by atoms with van der Waals surface area (Å²) in [7, 11) is 0. The Morgan fingerprint density at radius 2 is 1.74 bits per heavy atom. The van der Waals surface area contributed by atoms with Gasteiger partial charge in [0.1, 0.15) is 11.9 Å². The SMILES string of the molecule is N#Cc1cncc(N2CCC(C3CCN(C(=O)O)CC3)CC2)n1. The van der Waals surface area contributed by atoms with Gasteiger partial charge in [-0.3, -0.25) is 4.98 Å². The minimum atomic E-state index is -0.797. The van der Waals surface area contributed by atoms with E-state index in [1.54, 1.807) is 6.20 Å². The van der Waals surface area contributed by atoms with Crippen LogP contribution in [0.3, 0.4) is 0 Å². The average Bonchev–Trinajstić information content (AvgIpc) is 2.62. The molecule has 2 saturated heterocycles. The number of anilines is 1. The number of piperidine rings is 2. The summed E-state index contributed by atoms with van der Waals surface area (Å²) in [6, 6.07) is 2.03. The summed E-state index contributed by atoms with van der Waals surface area (Å²) in [5.74, 6) is 2.07. The normalized spacial score (nSPS) is 20.3. The Morgan fingerprint density at radius 3 is 2.30 bits per heavy atom. The van der Waals surface area contributed by atoms with Crippen molar-refractivity contribution < 1.29 is 9.90 Å². The molecule has 3 heterocycles. The number of rotatable bonds is 2. The van der Waals surface area contributed by atoms with Gasteiger partial charge in [0.2, 0.25) is 0 Å². The number of carboxylic acid groups (broad SMARTS) is 1. The van der Waals surface area contributed by atoms with Crippen LogP contribution in [-0.4, -0.2) is 52.2 Å². The van der Waals surface area contributed by atoms with E-state index in [-0.39, 0.29) is 0 Å². The first-order valence-corrected chi connectivity index (χ1v) is 8.12. The van der Waals surface area contributed by atoms with Gasteiger partial charge in [-0.25, -0.2) is 9.78 Å². The molecule has 3 rings (SSSR count). The van der Waals surface area contributed by atoms with Crippen molar-refractivity contribution in [3.8, 4) is 6.07 Å². The molecular formula is C16H21N5O2. The van der Waals surface area contributed by atoms with Crippen LogP contribution in [0.5, 0.6) is 0 Å². The Labute approximate surface area is 135 Å². The van der Waals surface area contributed by atoms with Crippen molar-refractivity contribution in [2.45, 2.75) is 25.7 Å². The molecule has 2 aliphatic heterocycles. The molecule has 1 aromatic heterocycles. The van der Waals surface area contributed by atoms with Crippen LogP contribution in [0.4, 0.5) is 10.6 Å². The summed E-state index contributed by atoms with van der Waals surface area (Å²) < 4.78 is 0. The number of amides is 1. The summed E-state index contributed by atoms with van der Waals surface area (Å²) in [5.41, 5.74) is 0.352. The molecule has 1 N–H and O–H groups in total.